The van der Waals surface area contributed by atoms with Crippen LogP contribution in [0.5, 0.6) is 5.88 Å². The van der Waals surface area contributed by atoms with Gasteiger partial charge in [-0.1, -0.05) is 12.1 Å². The lowest BCUT2D eigenvalue weighted by molar-refractivity contribution is 0.0997. The van der Waals surface area contributed by atoms with Gasteiger partial charge in [-0.05, 0) is 30.4 Å². The molecule has 2 aromatic rings. The average Bonchev–Trinajstić information content (AvgIpc) is 3.19. The Bertz CT molecular complexity index is 644. The first-order valence-electron chi connectivity index (χ1n) is 6.69. The third kappa shape index (κ3) is 2.52. The molecule has 1 saturated carbocycles. The molecule has 5 heteroatoms. The van der Waals surface area contributed by atoms with Crippen LogP contribution in [-0.4, -0.2) is 15.7 Å². The molecule has 1 aliphatic carbocycles. The summed E-state index contributed by atoms with van der Waals surface area (Å²) >= 11 is 0. The maximum Gasteiger partial charge on any atom is 0.249 e. The number of carbonyl (C=O) groups is 1. The zero-order valence-electron chi connectivity index (χ0n) is 11.4. The van der Waals surface area contributed by atoms with E-state index in [0.29, 0.717) is 24.0 Å². The minimum absolute atomic E-state index is 0.321. The summed E-state index contributed by atoms with van der Waals surface area (Å²) in [6.07, 6.45) is 4.15. The van der Waals surface area contributed by atoms with Gasteiger partial charge in [-0.15, -0.1) is 5.10 Å². The molecule has 0 radical (unpaired) electrons. The van der Waals surface area contributed by atoms with Gasteiger partial charge in [0.2, 0.25) is 11.8 Å². The molecule has 1 aromatic carbocycles. The molecular weight excluding hydrogens is 254 g/mol. The second kappa shape index (κ2) is 5.00. The van der Waals surface area contributed by atoms with E-state index in [1.807, 2.05) is 19.3 Å². The van der Waals surface area contributed by atoms with Crippen molar-refractivity contribution in [1.82, 2.24) is 9.78 Å². The number of amides is 1. The quantitative estimate of drug-likeness (QED) is 0.903. The third-order valence-electron chi connectivity index (χ3n) is 3.55. The van der Waals surface area contributed by atoms with E-state index in [-0.39, 0.29) is 0 Å². The van der Waals surface area contributed by atoms with Crippen molar-refractivity contribution in [2.45, 2.75) is 25.4 Å². The van der Waals surface area contributed by atoms with Crippen LogP contribution in [0.25, 0.3) is 0 Å². The van der Waals surface area contributed by atoms with E-state index in [9.17, 15) is 4.79 Å². The number of primary amides is 1. The fourth-order valence-corrected chi connectivity index (χ4v) is 2.39. The lowest BCUT2D eigenvalue weighted by Gasteiger charge is -2.12. The molecule has 0 spiro atoms. The zero-order valence-corrected chi connectivity index (χ0v) is 11.4. The fourth-order valence-electron chi connectivity index (χ4n) is 2.39. The van der Waals surface area contributed by atoms with Crippen LogP contribution in [-0.2, 0) is 13.7 Å². The molecule has 0 aliphatic heterocycles. The number of aromatic nitrogens is 2. The van der Waals surface area contributed by atoms with Gasteiger partial charge in [-0.25, -0.2) is 0 Å². The van der Waals surface area contributed by atoms with Gasteiger partial charge in [0.05, 0.1) is 0 Å². The number of nitrogens with zero attached hydrogens (tertiary/aromatic N) is 2. The summed E-state index contributed by atoms with van der Waals surface area (Å²) in [5.74, 6) is 0.678. The summed E-state index contributed by atoms with van der Waals surface area (Å²) < 4.78 is 7.36. The second-order valence-corrected chi connectivity index (χ2v) is 5.13. The maximum atomic E-state index is 11.6. The largest absolute Gasteiger partial charge is 0.472 e. The monoisotopic (exact) mass is 271 g/mol. The highest BCUT2D eigenvalue weighted by Crippen LogP contribution is 2.42. The predicted octanol–water partition coefficient (Wildman–Crippen LogP) is 1.98. The van der Waals surface area contributed by atoms with Crippen LogP contribution in [0, 0.1) is 0 Å². The summed E-state index contributed by atoms with van der Waals surface area (Å²) in [6, 6.07) is 7.49. The van der Waals surface area contributed by atoms with Crippen LogP contribution in [0.4, 0.5) is 0 Å². The fraction of sp³-hybridized carbons (Fsp3) is 0.333. The Morgan fingerprint density at radius 3 is 2.85 bits per heavy atom. The Morgan fingerprint density at radius 1 is 1.45 bits per heavy atom. The van der Waals surface area contributed by atoms with E-state index in [0.717, 1.165) is 5.56 Å². The number of ether oxygens (including phenoxy) is 1. The van der Waals surface area contributed by atoms with Gasteiger partial charge in [0.1, 0.15) is 6.61 Å². The van der Waals surface area contributed by atoms with Gasteiger partial charge >= 0.3 is 0 Å². The molecule has 1 aliphatic rings. The molecule has 5 nitrogen and oxygen atoms in total. The zero-order chi connectivity index (χ0) is 14.1. The Kier molecular flexibility index (Phi) is 3.18. The summed E-state index contributed by atoms with van der Waals surface area (Å²) in [5.41, 5.74) is 8.08. The van der Waals surface area contributed by atoms with Crippen LogP contribution in [0.1, 0.15) is 40.2 Å². The Labute approximate surface area is 117 Å². The highest BCUT2D eigenvalue weighted by molar-refractivity contribution is 5.94. The first kappa shape index (κ1) is 12.7. The number of hydrogen-bond donors (Lipinski definition) is 1. The van der Waals surface area contributed by atoms with Crippen molar-refractivity contribution in [3.63, 3.8) is 0 Å². The third-order valence-corrected chi connectivity index (χ3v) is 3.55. The molecule has 3 rings (SSSR count). The normalized spacial score (nSPS) is 14.2. The van der Waals surface area contributed by atoms with Crippen LogP contribution in [0.2, 0.25) is 0 Å². The number of benzene rings is 1. The van der Waals surface area contributed by atoms with Crippen LogP contribution >= 0.6 is 0 Å². The highest BCUT2D eigenvalue weighted by atomic mass is 16.5. The number of hydrogen-bond acceptors (Lipinski definition) is 3. The Balaban J connectivity index is 1.87. The van der Waals surface area contributed by atoms with E-state index in [1.165, 1.54) is 18.4 Å². The van der Waals surface area contributed by atoms with E-state index in [4.69, 9.17) is 10.5 Å². The minimum atomic E-state index is -0.410. The first-order valence-corrected chi connectivity index (χ1v) is 6.69. The number of rotatable bonds is 5. The molecule has 104 valence electrons. The van der Waals surface area contributed by atoms with Crippen molar-refractivity contribution in [2.75, 3.05) is 0 Å². The number of carbonyl (C=O) groups excluding carboxylic acids is 1. The van der Waals surface area contributed by atoms with Crippen LogP contribution in [0.15, 0.2) is 30.5 Å². The Morgan fingerprint density at radius 2 is 2.25 bits per heavy atom. The molecule has 20 heavy (non-hydrogen) atoms. The van der Waals surface area contributed by atoms with Gasteiger partial charge in [0.25, 0.3) is 0 Å². The summed E-state index contributed by atoms with van der Waals surface area (Å²) in [6.45, 7) is 0.321. The highest BCUT2D eigenvalue weighted by Gasteiger charge is 2.28. The van der Waals surface area contributed by atoms with Crippen molar-refractivity contribution < 1.29 is 9.53 Å². The van der Waals surface area contributed by atoms with Crippen molar-refractivity contribution in [3.8, 4) is 5.88 Å². The lowest BCUT2D eigenvalue weighted by atomic mass is 9.98. The van der Waals surface area contributed by atoms with E-state index >= 15 is 0 Å². The summed E-state index contributed by atoms with van der Waals surface area (Å²) in [7, 11) is 1.83. The number of aryl methyl sites for hydroxylation is 1. The van der Waals surface area contributed by atoms with Gasteiger partial charge in [-0.3, -0.25) is 9.48 Å². The number of nitrogens with two attached hydrogens (primary N) is 1. The van der Waals surface area contributed by atoms with Crippen molar-refractivity contribution in [2.24, 2.45) is 12.8 Å². The molecule has 0 saturated heterocycles. The van der Waals surface area contributed by atoms with Gasteiger partial charge < -0.3 is 10.5 Å². The molecular formula is C15H17N3O2. The van der Waals surface area contributed by atoms with E-state index < -0.39 is 5.91 Å². The average molecular weight is 271 g/mol. The second-order valence-electron chi connectivity index (χ2n) is 5.13. The molecule has 1 heterocycles. The predicted molar refractivity (Wildman–Crippen MR) is 74.5 cm³/mol. The van der Waals surface area contributed by atoms with Crippen molar-refractivity contribution in [3.05, 3.63) is 47.2 Å². The maximum absolute atomic E-state index is 11.6. The Hall–Kier alpha value is -2.30. The molecule has 0 bridgehead atoms. The smallest absolute Gasteiger partial charge is 0.249 e. The molecule has 0 atom stereocenters. The summed E-state index contributed by atoms with van der Waals surface area (Å²) in [4.78, 5) is 11.6. The van der Waals surface area contributed by atoms with Gasteiger partial charge in [0, 0.05) is 30.4 Å². The van der Waals surface area contributed by atoms with Crippen LogP contribution in [0.3, 0.4) is 0 Å². The van der Waals surface area contributed by atoms with Crippen molar-refractivity contribution >= 4 is 5.91 Å². The molecule has 1 amide bonds. The molecule has 1 fully saturated rings. The molecule has 2 N–H and O–H groups in total. The minimum Gasteiger partial charge on any atom is -0.472 e. The van der Waals surface area contributed by atoms with Gasteiger partial charge in [0.15, 0.2) is 0 Å². The standard InChI is InChI=1S/C15H17N3O2/c1-18-8-7-14(17-18)20-9-13-11(10-5-6-10)3-2-4-12(13)15(16)19/h2-4,7-8,10H,5-6,9H2,1H3,(H2,16,19). The van der Waals surface area contributed by atoms with E-state index in [2.05, 4.69) is 11.2 Å². The van der Waals surface area contributed by atoms with E-state index in [1.54, 1.807) is 16.8 Å². The lowest BCUT2D eigenvalue weighted by Crippen LogP contribution is -2.16. The summed E-state index contributed by atoms with van der Waals surface area (Å²) in [5, 5.41) is 4.17. The van der Waals surface area contributed by atoms with Gasteiger partial charge in [-0.2, -0.15) is 0 Å². The topological polar surface area (TPSA) is 70.1 Å². The first-order chi connectivity index (χ1) is 9.65. The van der Waals surface area contributed by atoms with Crippen molar-refractivity contribution in [1.29, 1.82) is 0 Å². The molecule has 0 unspecified atom stereocenters. The van der Waals surface area contributed by atoms with Crippen LogP contribution < -0.4 is 10.5 Å². The molecule has 1 aromatic heterocycles. The SMILES string of the molecule is Cn1ccc(OCc2c(C(N)=O)cccc2C2CC2)n1.